The van der Waals surface area contributed by atoms with Gasteiger partial charge in [0.15, 0.2) is 5.82 Å². The van der Waals surface area contributed by atoms with Crippen molar-refractivity contribution in [3.63, 3.8) is 0 Å². The summed E-state index contributed by atoms with van der Waals surface area (Å²) in [5.41, 5.74) is 2.98. The molecule has 5 heteroatoms. The summed E-state index contributed by atoms with van der Waals surface area (Å²) in [6.45, 7) is 3.99. The van der Waals surface area contributed by atoms with Crippen LogP contribution < -0.4 is 5.32 Å². The average Bonchev–Trinajstić information content (AvgIpc) is 2.68. The van der Waals surface area contributed by atoms with Crippen LogP contribution in [-0.2, 0) is 7.05 Å². The fourth-order valence-electron chi connectivity index (χ4n) is 1.58. The van der Waals surface area contributed by atoms with Gasteiger partial charge in [0.25, 0.3) is 0 Å². The fourth-order valence-corrected chi connectivity index (χ4v) is 1.58. The Morgan fingerprint density at radius 1 is 1.25 bits per heavy atom. The molecule has 0 aliphatic rings. The van der Waals surface area contributed by atoms with Crippen molar-refractivity contribution in [2.45, 2.75) is 13.8 Å². The highest BCUT2D eigenvalue weighted by Gasteiger charge is 2.10. The lowest BCUT2D eigenvalue weighted by atomic mass is 10.2. The molecule has 0 saturated heterocycles. The van der Waals surface area contributed by atoms with Crippen molar-refractivity contribution in [2.24, 2.45) is 7.05 Å². The van der Waals surface area contributed by atoms with E-state index in [1.54, 1.807) is 10.9 Å². The summed E-state index contributed by atoms with van der Waals surface area (Å²) in [6, 6.07) is 1.91. The standard InChI is InChI=1S/C11H15N5/c1-7-8(2)14-11(15-10(7)12-3)9-5-6-13-16(9)4/h5-6H,1-4H3,(H,12,14,15). The Morgan fingerprint density at radius 2 is 2.00 bits per heavy atom. The van der Waals surface area contributed by atoms with Crippen molar-refractivity contribution in [1.29, 1.82) is 0 Å². The van der Waals surface area contributed by atoms with Gasteiger partial charge in [0.1, 0.15) is 11.5 Å². The van der Waals surface area contributed by atoms with Crippen LogP contribution in [0, 0.1) is 13.8 Å². The zero-order valence-corrected chi connectivity index (χ0v) is 9.94. The molecule has 16 heavy (non-hydrogen) atoms. The van der Waals surface area contributed by atoms with Gasteiger partial charge in [-0.05, 0) is 19.9 Å². The van der Waals surface area contributed by atoms with Crippen LogP contribution in [0.5, 0.6) is 0 Å². The number of nitrogens with zero attached hydrogens (tertiary/aromatic N) is 4. The third-order valence-corrected chi connectivity index (χ3v) is 2.68. The van der Waals surface area contributed by atoms with Crippen LogP contribution >= 0.6 is 0 Å². The molecule has 1 N–H and O–H groups in total. The maximum atomic E-state index is 4.47. The van der Waals surface area contributed by atoms with Crippen LogP contribution in [0.25, 0.3) is 11.5 Å². The molecule has 84 valence electrons. The van der Waals surface area contributed by atoms with Gasteiger partial charge in [-0.2, -0.15) is 5.10 Å². The zero-order valence-electron chi connectivity index (χ0n) is 9.94. The first kappa shape index (κ1) is 10.6. The molecule has 0 saturated carbocycles. The second-order valence-electron chi connectivity index (χ2n) is 3.70. The van der Waals surface area contributed by atoms with Gasteiger partial charge in [0, 0.05) is 31.5 Å². The predicted octanol–water partition coefficient (Wildman–Crippen LogP) is 1.54. The van der Waals surface area contributed by atoms with E-state index in [9.17, 15) is 0 Å². The first-order chi connectivity index (χ1) is 7.63. The molecule has 0 spiro atoms. The fraction of sp³-hybridized carbons (Fsp3) is 0.364. The van der Waals surface area contributed by atoms with Crippen molar-refractivity contribution in [3.8, 4) is 11.5 Å². The van der Waals surface area contributed by atoms with Crippen LogP contribution in [0.3, 0.4) is 0 Å². The molecule has 0 atom stereocenters. The molecule has 0 bridgehead atoms. The molecule has 5 nitrogen and oxygen atoms in total. The quantitative estimate of drug-likeness (QED) is 0.829. The van der Waals surface area contributed by atoms with Crippen molar-refractivity contribution in [1.82, 2.24) is 19.7 Å². The molecular formula is C11H15N5. The summed E-state index contributed by atoms with van der Waals surface area (Å²) in [5, 5.41) is 7.19. The Balaban J connectivity index is 2.59. The molecule has 0 aliphatic heterocycles. The third kappa shape index (κ3) is 1.64. The van der Waals surface area contributed by atoms with Crippen LogP contribution in [0.4, 0.5) is 5.82 Å². The largest absolute Gasteiger partial charge is 0.373 e. The number of anilines is 1. The van der Waals surface area contributed by atoms with E-state index < -0.39 is 0 Å². The van der Waals surface area contributed by atoms with Gasteiger partial charge in [0.2, 0.25) is 0 Å². The topological polar surface area (TPSA) is 55.6 Å². The van der Waals surface area contributed by atoms with E-state index in [4.69, 9.17) is 0 Å². The summed E-state index contributed by atoms with van der Waals surface area (Å²) >= 11 is 0. The van der Waals surface area contributed by atoms with Gasteiger partial charge in [-0.1, -0.05) is 0 Å². The van der Waals surface area contributed by atoms with E-state index in [0.717, 1.165) is 22.8 Å². The first-order valence-electron chi connectivity index (χ1n) is 5.15. The normalized spacial score (nSPS) is 10.5. The smallest absolute Gasteiger partial charge is 0.180 e. The van der Waals surface area contributed by atoms with Gasteiger partial charge in [-0.25, -0.2) is 9.97 Å². The van der Waals surface area contributed by atoms with E-state index in [-0.39, 0.29) is 0 Å². The number of rotatable bonds is 2. The molecule has 0 aliphatic carbocycles. The summed E-state index contributed by atoms with van der Waals surface area (Å²) in [7, 11) is 3.74. The second-order valence-corrected chi connectivity index (χ2v) is 3.70. The van der Waals surface area contributed by atoms with Gasteiger partial charge in [-0.15, -0.1) is 0 Å². The Bertz CT molecular complexity index is 515. The van der Waals surface area contributed by atoms with E-state index in [0.29, 0.717) is 5.82 Å². The van der Waals surface area contributed by atoms with Crippen LogP contribution in [0.15, 0.2) is 12.3 Å². The third-order valence-electron chi connectivity index (χ3n) is 2.68. The highest BCUT2D eigenvalue weighted by Crippen LogP contribution is 2.20. The molecule has 0 amide bonds. The lowest BCUT2D eigenvalue weighted by Gasteiger charge is -2.09. The molecule has 0 fully saturated rings. The zero-order chi connectivity index (χ0) is 11.7. The predicted molar refractivity (Wildman–Crippen MR) is 63.3 cm³/mol. The summed E-state index contributed by atoms with van der Waals surface area (Å²) in [6.07, 6.45) is 1.74. The van der Waals surface area contributed by atoms with Gasteiger partial charge < -0.3 is 5.32 Å². The number of nitrogens with one attached hydrogen (secondary N) is 1. The van der Waals surface area contributed by atoms with Crippen LogP contribution in [-0.4, -0.2) is 26.8 Å². The SMILES string of the molecule is CNc1nc(-c2ccnn2C)nc(C)c1C. The number of aromatic nitrogens is 4. The molecule has 2 rings (SSSR count). The maximum Gasteiger partial charge on any atom is 0.180 e. The molecule has 2 aromatic rings. The number of hydrogen-bond acceptors (Lipinski definition) is 4. The Labute approximate surface area is 94.5 Å². The molecule has 0 unspecified atom stereocenters. The molecule has 2 aromatic heterocycles. The van der Waals surface area contributed by atoms with E-state index in [1.807, 2.05) is 34.0 Å². The summed E-state index contributed by atoms with van der Waals surface area (Å²) in [4.78, 5) is 8.94. The van der Waals surface area contributed by atoms with E-state index in [2.05, 4.69) is 20.4 Å². The summed E-state index contributed by atoms with van der Waals surface area (Å²) in [5.74, 6) is 1.57. The molecule has 0 aromatic carbocycles. The molecule has 2 heterocycles. The van der Waals surface area contributed by atoms with Crippen LogP contribution in [0.1, 0.15) is 11.3 Å². The lowest BCUT2D eigenvalue weighted by molar-refractivity contribution is 0.769. The molecule has 0 radical (unpaired) electrons. The van der Waals surface area contributed by atoms with Crippen molar-refractivity contribution < 1.29 is 0 Å². The monoisotopic (exact) mass is 217 g/mol. The van der Waals surface area contributed by atoms with Crippen molar-refractivity contribution in [2.75, 3.05) is 12.4 Å². The minimum Gasteiger partial charge on any atom is -0.373 e. The average molecular weight is 217 g/mol. The first-order valence-corrected chi connectivity index (χ1v) is 5.15. The number of aryl methyl sites for hydroxylation is 2. The minimum atomic E-state index is 0.701. The van der Waals surface area contributed by atoms with E-state index >= 15 is 0 Å². The molecular weight excluding hydrogens is 202 g/mol. The van der Waals surface area contributed by atoms with Gasteiger partial charge >= 0.3 is 0 Å². The highest BCUT2D eigenvalue weighted by atomic mass is 15.3. The van der Waals surface area contributed by atoms with Crippen molar-refractivity contribution >= 4 is 5.82 Å². The Hall–Kier alpha value is -1.91. The van der Waals surface area contributed by atoms with Crippen LogP contribution in [0.2, 0.25) is 0 Å². The second kappa shape index (κ2) is 3.92. The Morgan fingerprint density at radius 3 is 2.56 bits per heavy atom. The van der Waals surface area contributed by atoms with E-state index in [1.165, 1.54) is 0 Å². The summed E-state index contributed by atoms with van der Waals surface area (Å²) < 4.78 is 1.77. The van der Waals surface area contributed by atoms with Crippen molar-refractivity contribution in [3.05, 3.63) is 23.5 Å². The minimum absolute atomic E-state index is 0.701. The lowest BCUT2D eigenvalue weighted by Crippen LogP contribution is -2.05. The number of hydrogen-bond donors (Lipinski definition) is 1. The maximum absolute atomic E-state index is 4.47. The van der Waals surface area contributed by atoms with Gasteiger partial charge in [-0.3, -0.25) is 4.68 Å². The Kier molecular flexibility index (Phi) is 2.60. The van der Waals surface area contributed by atoms with Gasteiger partial charge in [0.05, 0.1) is 0 Å². The highest BCUT2D eigenvalue weighted by molar-refractivity contribution is 5.56.